The number of sulfonamides is 1. The third-order valence-corrected chi connectivity index (χ3v) is 5.79. The predicted molar refractivity (Wildman–Crippen MR) is 137 cm³/mol. The molecule has 1 aromatic carbocycles. The van der Waals surface area contributed by atoms with Crippen molar-refractivity contribution in [3.8, 4) is 0 Å². The van der Waals surface area contributed by atoms with Gasteiger partial charge in [-0.3, -0.25) is 4.31 Å². The fraction of sp³-hybridized carbons (Fsp3) is 0.625. The highest BCUT2D eigenvalue weighted by molar-refractivity contribution is 7.92. The van der Waals surface area contributed by atoms with Crippen molar-refractivity contribution in [1.29, 1.82) is 0 Å². The quantitative estimate of drug-likeness (QED) is 0.292. The summed E-state index contributed by atoms with van der Waals surface area (Å²) in [6.45, 7) is 11.1. The number of carbonyl (C=O) groups excluding carboxylic acids is 3. The highest BCUT2D eigenvalue weighted by Crippen LogP contribution is 2.25. The topological polar surface area (TPSA) is 132 Å². The highest BCUT2D eigenvalue weighted by Gasteiger charge is 2.25. The Morgan fingerprint density at radius 3 is 2.08 bits per heavy atom. The zero-order valence-corrected chi connectivity index (χ0v) is 23.4. The van der Waals surface area contributed by atoms with Crippen LogP contribution in [0.2, 0.25) is 0 Å². The van der Waals surface area contributed by atoms with Gasteiger partial charge in [0.2, 0.25) is 10.0 Å². The standard InChI is InChI=1S/C24H39N3O8S/c1-23(2,3)34-21(29)25-13-10-14-27(22(30)35-24(4,5)6)16-17-11-12-19(26(7)36(9,31)32)18(15-17)20(28)33-8/h11-12,15H,10,13-14,16H2,1-9H3,(H,25,29). The van der Waals surface area contributed by atoms with Crippen molar-refractivity contribution in [1.82, 2.24) is 10.2 Å². The van der Waals surface area contributed by atoms with Crippen LogP contribution in [0.3, 0.4) is 0 Å². The van der Waals surface area contributed by atoms with E-state index in [1.807, 2.05) is 0 Å². The Morgan fingerprint density at radius 1 is 1.00 bits per heavy atom. The Hall–Kier alpha value is -3.02. The van der Waals surface area contributed by atoms with Gasteiger partial charge in [0.05, 0.1) is 24.6 Å². The van der Waals surface area contributed by atoms with E-state index in [0.29, 0.717) is 12.0 Å². The molecule has 0 spiro atoms. The number of anilines is 1. The van der Waals surface area contributed by atoms with Gasteiger partial charge in [-0.2, -0.15) is 0 Å². The maximum absolute atomic E-state index is 12.9. The van der Waals surface area contributed by atoms with Crippen molar-refractivity contribution in [2.24, 2.45) is 0 Å². The van der Waals surface area contributed by atoms with Gasteiger partial charge in [-0.25, -0.2) is 22.8 Å². The SMILES string of the molecule is COC(=O)c1cc(CN(CCCNC(=O)OC(C)(C)C)C(=O)OC(C)(C)C)ccc1N(C)S(C)(=O)=O. The van der Waals surface area contributed by atoms with Gasteiger partial charge in [-0.15, -0.1) is 0 Å². The first-order valence-corrected chi connectivity index (χ1v) is 13.3. The lowest BCUT2D eigenvalue weighted by molar-refractivity contribution is 0.0231. The molecule has 0 aromatic heterocycles. The lowest BCUT2D eigenvalue weighted by Crippen LogP contribution is -2.39. The number of amides is 2. The van der Waals surface area contributed by atoms with Crippen LogP contribution in [-0.2, 0) is 30.8 Å². The third-order valence-electron chi connectivity index (χ3n) is 4.60. The number of rotatable bonds is 9. The number of alkyl carbamates (subject to hydrolysis) is 1. The normalized spacial score (nSPS) is 11.9. The average Bonchev–Trinajstić information content (AvgIpc) is 2.71. The molecule has 0 saturated heterocycles. The maximum Gasteiger partial charge on any atom is 0.410 e. The van der Waals surface area contributed by atoms with E-state index in [-0.39, 0.29) is 30.9 Å². The largest absolute Gasteiger partial charge is 0.465 e. The summed E-state index contributed by atoms with van der Waals surface area (Å²) in [4.78, 5) is 38.6. The molecule has 0 aliphatic carbocycles. The van der Waals surface area contributed by atoms with E-state index in [9.17, 15) is 22.8 Å². The molecule has 0 unspecified atom stereocenters. The summed E-state index contributed by atoms with van der Waals surface area (Å²) in [7, 11) is -1.09. The van der Waals surface area contributed by atoms with Gasteiger partial charge in [-0.05, 0) is 65.7 Å². The number of nitrogens with zero attached hydrogens (tertiary/aromatic N) is 2. The van der Waals surface area contributed by atoms with Crippen LogP contribution in [0.4, 0.5) is 15.3 Å². The Bertz CT molecular complexity index is 1040. The van der Waals surface area contributed by atoms with Crippen molar-refractivity contribution in [3.63, 3.8) is 0 Å². The Balaban J connectivity index is 3.12. The molecule has 0 fully saturated rings. The summed E-state index contributed by atoms with van der Waals surface area (Å²) in [6, 6.07) is 4.60. The molecule has 12 heteroatoms. The number of esters is 1. The number of ether oxygens (including phenoxy) is 3. The van der Waals surface area contributed by atoms with Gasteiger partial charge in [0, 0.05) is 26.7 Å². The van der Waals surface area contributed by atoms with Crippen LogP contribution in [0.25, 0.3) is 0 Å². The molecule has 0 heterocycles. The molecule has 0 aliphatic rings. The second-order valence-electron chi connectivity index (χ2n) is 10.3. The summed E-state index contributed by atoms with van der Waals surface area (Å²) in [5, 5.41) is 2.65. The smallest absolute Gasteiger partial charge is 0.410 e. The van der Waals surface area contributed by atoms with Crippen molar-refractivity contribution in [2.75, 3.05) is 37.8 Å². The van der Waals surface area contributed by atoms with Crippen LogP contribution in [0.15, 0.2) is 18.2 Å². The molecule has 36 heavy (non-hydrogen) atoms. The minimum absolute atomic E-state index is 0.0404. The fourth-order valence-electron chi connectivity index (χ4n) is 2.96. The second kappa shape index (κ2) is 12.3. The molecular weight excluding hydrogens is 490 g/mol. The number of hydrogen-bond donors (Lipinski definition) is 1. The van der Waals surface area contributed by atoms with Crippen LogP contribution in [0, 0.1) is 0 Å². The van der Waals surface area contributed by atoms with E-state index in [0.717, 1.165) is 10.6 Å². The summed E-state index contributed by atoms with van der Waals surface area (Å²) in [5.74, 6) is -0.715. The molecule has 0 aliphatic heterocycles. The van der Waals surface area contributed by atoms with Gasteiger partial charge >= 0.3 is 18.2 Å². The van der Waals surface area contributed by atoms with Gasteiger partial charge in [0.1, 0.15) is 11.2 Å². The number of hydrogen-bond acceptors (Lipinski definition) is 8. The van der Waals surface area contributed by atoms with Crippen molar-refractivity contribution < 1.29 is 37.0 Å². The van der Waals surface area contributed by atoms with Crippen LogP contribution >= 0.6 is 0 Å². The van der Waals surface area contributed by atoms with E-state index >= 15 is 0 Å². The van der Waals surface area contributed by atoms with Gasteiger partial charge in [0.25, 0.3) is 0 Å². The summed E-state index contributed by atoms with van der Waals surface area (Å²) >= 11 is 0. The van der Waals surface area contributed by atoms with E-state index < -0.39 is 39.4 Å². The van der Waals surface area contributed by atoms with Crippen molar-refractivity contribution >= 4 is 33.9 Å². The molecule has 2 amide bonds. The number of methoxy groups -OCH3 is 1. The van der Waals surface area contributed by atoms with Gasteiger partial charge in [0.15, 0.2) is 0 Å². The van der Waals surface area contributed by atoms with Crippen LogP contribution in [0.5, 0.6) is 0 Å². The number of carbonyl (C=O) groups is 3. The highest BCUT2D eigenvalue weighted by atomic mass is 32.2. The first-order valence-electron chi connectivity index (χ1n) is 11.4. The third kappa shape index (κ3) is 10.7. The van der Waals surface area contributed by atoms with Gasteiger partial charge < -0.3 is 24.4 Å². The number of nitrogens with one attached hydrogen (secondary N) is 1. The summed E-state index contributed by atoms with van der Waals surface area (Å²) in [6.07, 6.45) is 0.311. The molecule has 11 nitrogen and oxygen atoms in total. The Morgan fingerprint density at radius 2 is 1.58 bits per heavy atom. The van der Waals surface area contributed by atoms with E-state index in [1.54, 1.807) is 47.6 Å². The molecule has 1 rings (SSSR count). The van der Waals surface area contributed by atoms with E-state index in [2.05, 4.69) is 5.32 Å². The first kappa shape index (κ1) is 31.0. The Labute approximate surface area is 214 Å². The van der Waals surface area contributed by atoms with Crippen LogP contribution in [-0.4, -0.2) is 76.2 Å². The van der Waals surface area contributed by atoms with Crippen LogP contribution < -0.4 is 9.62 Å². The van der Waals surface area contributed by atoms with Gasteiger partial charge in [-0.1, -0.05) is 6.07 Å². The van der Waals surface area contributed by atoms with Crippen LogP contribution in [0.1, 0.15) is 63.9 Å². The van der Waals surface area contributed by atoms with Crippen molar-refractivity contribution in [3.05, 3.63) is 29.3 Å². The minimum atomic E-state index is -3.63. The lowest BCUT2D eigenvalue weighted by Gasteiger charge is -2.28. The average molecular weight is 530 g/mol. The number of benzene rings is 1. The minimum Gasteiger partial charge on any atom is -0.465 e. The fourth-order valence-corrected chi connectivity index (χ4v) is 3.48. The Kier molecular flexibility index (Phi) is 10.6. The summed E-state index contributed by atoms with van der Waals surface area (Å²) < 4.78 is 40.6. The molecule has 0 atom stereocenters. The lowest BCUT2D eigenvalue weighted by atomic mass is 10.1. The monoisotopic (exact) mass is 529 g/mol. The maximum atomic E-state index is 12.9. The molecular formula is C24H39N3O8S. The van der Waals surface area contributed by atoms with E-state index in [4.69, 9.17) is 14.2 Å². The van der Waals surface area contributed by atoms with E-state index in [1.165, 1.54) is 31.2 Å². The van der Waals surface area contributed by atoms with Crippen molar-refractivity contribution in [2.45, 2.75) is 65.7 Å². The molecule has 204 valence electrons. The molecule has 1 aromatic rings. The second-order valence-corrected chi connectivity index (χ2v) is 12.3. The predicted octanol–water partition coefficient (Wildman–Crippen LogP) is 3.52. The molecule has 1 N–H and O–H groups in total. The molecule has 0 saturated carbocycles. The zero-order chi connectivity index (χ0) is 27.9. The first-order chi connectivity index (χ1) is 16.3. The molecule has 0 bridgehead atoms. The molecule has 0 radical (unpaired) electrons. The zero-order valence-electron chi connectivity index (χ0n) is 22.6. The summed E-state index contributed by atoms with van der Waals surface area (Å²) in [5.41, 5.74) is -0.603.